The minimum atomic E-state index is -2.85. The average Bonchev–Trinajstić information content (AvgIpc) is 3.09. The van der Waals surface area contributed by atoms with Crippen LogP contribution in [0.2, 0.25) is 13.1 Å². The topological polar surface area (TPSA) is 155 Å². The van der Waals surface area contributed by atoms with Gasteiger partial charge in [0.25, 0.3) is 0 Å². The maximum absolute atomic E-state index is 15.8. The molecule has 280 valence electrons. The van der Waals surface area contributed by atoms with Crippen LogP contribution in [0, 0.1) is 16.7 Å². The normalized spacial score (nSPS) is 35.2. The van der Waals surface area contributed by atoms with Crippen LogP contribution in [0.4, 0.5) is 0 Å². The molecule has 4 aliphatic rings. The predicted octanol–water partition coefficient (Wildman–Crippen LogP) is 4.18. The number of hydrogen-bond donors (Lipinski definition) is 2. The number of aliphatic hydroxyl groups excluding tert-OH is 1. The first-order valence-electron chi connectivity index (χ1n) is 18.0. The zero-order valence-corrected chi connectivity index (χ0v) is 32.1. The standard InChI is InChI=1S/C40H50O11Si/c1-9-30(43)48-32-31-23(2)27(42)21-40(46,37(31,4)5)35(49-36(45)25-16-12-10-13-17-25)33-38(6,34(32)44)28(20-29-39(33,22-47-29)50-24(3)41)51-52(7,8)26-18-14-11-15-19-26/h10-19,27-29,32-33,35,42,46H,9,20-22H2,1-8H3/t27-,28?,29+,32+,33?,35?,38+,39-,40+/m0/s1. The summed E-state index contributed by atoms with van der Waals surface area (Å²) in [5, 5.41) is 26.0. The quantitative estimate of drug-likeness (QED) is 0.174. The van der Waals surface area contributed by atoms with Gasteiger partial charge in [-0.05, 0) is 55.4 Å². The fraction of sp³-hybridized carbons (Fsp3) is 0.550. The molecule has 3 fully saturated rings. The summed E-state index contributed by atoms with van der Waals surface area (Å²) >= 11 is 0. The summed E-state index contributed by atoms with van der Waals surface area (Å²) in [4.78, 5) is 56.3. The van der Waals surface area contributed by atoms with Crippen molar-refractivity contribution in [3.8, 4) is 0 Å². The predicted molar refractivity (Wildman–Crippen MR) is 192 cm³/mol. The zero-order valence-electron chi connectivity index (χ0n) is 31.1. The van der Waals surface area contributed by atoms with Gasteiger partial charge < -0.3 is 33.6 Å². The molecule has 0 spiro atoms. The van der Waals surface area contributed by atoms with Gasteiger partial charge in [0.05, 0.1) is 35.7 Å². The van der Waals surface area contributed by atoms with E-state index < -0.39 is 90.5 Å². The summed E-state index contributed by atoms with van der Waals surface area (Å²) < 4.78 is 32.1. The number of ether oxygens (including phenoxy) is 4. The molecule has 11 nitrogen and oxygen atoms in total. The van der Waals surface area contributed by atoms with Gasteiger partial charge in [0.1, 0.15) is 17.8 Å². The van der Waals surface area contributed by atoms with Crippen LogP contribution in [-0.2, 0) is 37.8 Å². The fourth-order valence-corrected chi connectivity index (χ4v) is 11.6. The fourth-order valence-electron chi connectivity index (χ4n) is 9.37. The Morgan fingerprint density at radius 2 is 1.60 bits per heavy atom. The first-order chi connectivity index (χ1) is 24.3. The van der Waals surface area contributed by atoms with Crippen LogP contribution in [0.25, 0.3) is 0 Å². The molecule has 52 heavy (non-hydrogen) atoms. The molecule has 1 saturated heterocycles. The number of esters is 3. The Labute approximate surface area is 305 Å². The molecule has 0 radical (unpaired) electrons. The minimum Gasteiger partial charge on any atom is -0.455 e. The Morgan fingerprint density at radius 3 is 2.15 bits per heavy atom. The molecule has 3 unspecified atom stereocenters. The summed E-state index contributed by atoms with van der Waals surface area (Å²) in [5.41, 5.74) is -6.03. The highest BCUT2D eigenvalue weighted by atomic mass is 28.4. The van der Waals surface area contributed by atoms with Gasteiger partial charge in [-0.25, -0.2) is 4.79 Å². The second-order valence-electron chi connectivity index (χ2n) is 16.0. The lowest BCUT2D eigenvalue weighted by Gasteiger charge is -2.68. The van der Waals surface area contributed by atoms with Crippen LogP contribution in [0.3, 0.4) is 0 Å². The van der Waals surface area contributed by atoms with Gasteiger partial charge in [0.2, 0.25) is 8.32 Å². The molecule has 1 aliphatic heterocycles. The van der Waals surface area contributed by atoms with Crippen molar-refractivity contribution < 1.29 is 52.8 Å². The van der Waals surface area contributed by atoms with Gasteiger partial charge in [0, 0.05) is 31.6 Å². The van der Waals surface area contributed by atoms with E-state index in [2.05, 4.69) is 0 Å². The average molecular weight is 735 g/mol. The van der Waals surface area contributed by atoms with Crippen molar-refractivity contribution in [1.82, 2.24) is 0 Å². The van der Waals surface area contributed by atoms with Crippen LogP contribution < -0.4 is 5.19 Å². The molecular weight excluding hydrogens is 685 g/mol. The second kappa shape index (κ2) is 13.3. The third-order valence-electron chi connectivity index (χ3n) is 12.3. The van der Waals surface area contributed by atoms with Gasteiger partial charge in [-0.15, -0.1) is 0 Å². The third kappa shape index (κ3) is 5.78. The largest absolute Gasteiger partial charge is 0.455 e. The number of ketones is 1. The van der Waals surface area contributed by atoms with E-state index in [1.54, 1.807) is 65.0 Å². The Morgan fingerprint density at radius 1 is 0.981 bits per heavy atom. The number of aliphatic hydroxyl groups is 2. The maximum Gasteiger partial charge on any atom is 0.338 e. The molecule has 2 saturated carbocycles. The van der Waals surface area contributed by atoms with Gasteiger partial charge in [0.15, 0.2) is 17.5 Å². The summed E-state index contributed by atoms with van der Waals surface area (Å²) in [6, 6.07) is 17.9. The molecule has 0 aromatic heterocycles. The van der Waals surface area contributed by atoms with Gasteiger partial charge in [-0.3, -0.25) is 14.4 Å². The number of hydrogen-bond acceptors (Lipinski definition) is 11. The molecule has 3 aliphatic carbocycles. The first kappa shape index (κ1) is 38.1. The van der Waals surface area contributed by atoms with E-state index in [4.69, 9.17) is 23.4 Å². The van der Waals surface area contributed by atoms with E-state index in [-0.39, 0.29) is 37.0 Å². The van der Waals surface area contributed by atoms with Gasteiger partial charge in [-0.1, -0.05) is 69.3 Å². The number of rotatable bonds is 8. The third-order valence-corrected chi connectivity index (χ3v) is 14.9. The summed E-state index contributed by atoms with van der Waals surface area (Å²) in [6.07, 6.45) is -6.39. The lowest BCUT2D eigenvalue weighted by Crippen LogP contribution is -2.82. The lowest BCUT2D eigenvalue weighted by atomic mass is 9.44. The SMILES string of the molecule is CCC(=O)O[C@H]1C(=O)[C@]2(C)C(O[Si](C)(C)c3ccccc3)C[C@H]3OC[C@@]3(OC(C)=O)C2C(OC(=O)c2ccccc2)[C@]2(O)C[C@H](O)C(C)=C1C2(C)C. The Hall–Kier alpha value is -3.68. The first-order valence-corrected chi connectivity index (χ1v) is 20.9. The Bertz CT molecular complexity index is 1770. The molecule has 6 rings (SSSR count). The van der Waals surface area contributed by atoms with E-state index in [0.29, 0.717) is 5.57 Å². The van der Waals surface area contributed by atoms with E-state index in [1.807, 2.05) is 43.4 Å². The number of Topliss-reactive ketones (excluding diaryl/α,β-unsaturated/α-hetero) is 1. The van der Waals surface area contributed by atoms with Gasteiger partial charge in [-0.2, -0.15) is 0 Å². The van der Waals surface area contributed by atoms with Crippen molar-refractivity contribution in [2.75, 3.05) is 6.61 Å². The number of fused-ring (bicyclic) bond motifs is 5. The maximum atomic E-state index is 15.8. The molecule has 2 aromatic rings. The zero-order chi connectivity index (χ0) is 38.0. The molecule has 2 N–H and O–H groups in total. The highest BCUT2D eigenvalue weighted by Gasteiger charge is 2.78. The van der Waals surface area contributed by atoms with Crippen molar-refractivity contribution in [2.45, 2.75) is 116 Å². The van der Waals surface area contributed by atoms with Crippen LogP contribution >= 0.6 is 0 Å². The number of benzene rings is 2. The smallest absolute Gasteiger partial charge is 0.338 e. The van der Waals surface area contributed by atoms with Crippen LogP contribution in [0.15, 0.2) is 71.8 Å². The molecular formula is C40H50O11Si. The van der Waals surface area contributed by atoms with Crippen molar-refractivity contribution in [1.29, 1.82) is 0 Å². The molecule has 2 bridgehead atoms. The Kier molecular flexibility index (Phi) is 9.74. The van der Waals surface area contributed by atoms with E-state index in [1.165, 1.54) is 6.92 Å². The van der Waals surface area contributed by atoms with Crippen molar-refractivity contribution >= 4 is 37.2 Å². The van der Waals surface area contributed by atoms with Crippen LogP contribution in [0.1, 0.15) is 71.2 Å². The Balaban J connectivity index is 1.67. The summed E-state index contributed by atoms with van der Waals surface area (Å²) in [6.45, 7) is 13.5. The van der Waals surface area contributed by atoms with Crippen LogP contribution in [0.5, 0.6) is 0 Å². The molecule has 9 atom stereocenters. The second-order valence-corrected chi connectivity index (χ2v) is 19.8. The van der Waals surface area contributed by atoms with Crippen molar-refractivity contribution in [3.63, 3.8) is 0 Å². The lowest BCUT2D eigenvalue weighted by molar-refractivity contribution is -0.344. The molecule has 1 heterocycles. The molecule has 0 amide bonds. The van der Waals surface area contributed by atoms with E-state index in [0.717, 1.165) is 5.19 Å². The molecule has 2 aromatic carbocycles. The molecule has 12 heteroatoms. The monoisotopic (exact) mass is 734 g/mol. The highest BCUT2D eigenvalue weighted by Crippen LogP contribution is 2.65. The van der Waals surface area contributed by atoms with E-state index in [9.17, 15) is 24.6 Å². The van der Waals surface area contributed by atoms with Gasteiger partial charge >= 0.3 is 17.9 Å². The number of carbonyl (C=O) groups excluding carboxylic acids is 4. The highest BCUT2D eigenvalue weighted by molar-refractivity contribution is 6.84. The van der Waals surface area contributed by atoms with Crippen LogP contribution in [-0.4, -0.2) is 90.6 Å². The summed E-state index contributed by atoms with van der Waals surface area (Å²) in [5.74, 6) is -3.95. The minimum absolute atomic E-state index is 0.0397. The summed E-state index contributed by atoms with van der Waals surface area (Å²) in [7, 11) is -2.85. The van der Waals surface area contributed by atoms with Crippen molar-refractivity contribution in [2.24, 2.45) is 16.7 Å². The number of carbonyl (C=O) groups is 4. The van der Waals surface area contributed by atoms with E-state index >= 15 is 4.79 Å². The van der Waals surface area contributed by atoms with Crippen molar-refractivity contribution in [3.05, 3.63) is 77.4 Å².